The van der Waals surface area contributed by atoms with E-state index in [9.17, 15) is 4.79 Å². The van der Waals surface area contributed by atoms with Crippen molar-refractivity contribution in [2.24, 2.45) is 0 Å². The Morgan fingerprint density at radius 1 is 1.47 bits per heavy atom. The molecule has 1 aromatic carbocycles. The summed E-state index contributed by atoms with van der Waals surface area (Å²) in [4.78, 5) is 18.8. The number of hydrogen-bond acceptors (Lipinski definition) is 4. The molecule has 98 valence electrons. The van der Waals surface area contributed by atoms with E-state index >= 15 is 0 Å². The van der Waals surface area contributed by atoms with Crippen molar-refractivity contribution in [3.8, 4) is 5.75 Å². The zero-order chi connectivity index (χ0) is 13.2. The first kappa shape index (κ1) is 11.9. The fourth-order valence-corrected chi connectivity index (χ4v) is 2.29. The lowest BCUT2D eigenvalue weighted by molar-refractivity contribution is 0.226. The highest BCUT2D eigenvalue weighted by Crippen LogP contribution is 2.34. The van der Waals surface area contributed by atoms with Gasteiger partial charge in [0.1, 0.15) is 5.75 Å². The maximum atomic E-state index is 11.6. The minimum Gasteiger partial charge on any atom is -0.482 e. The molecule has 5 heteroatoms. The van der Waals surface area contributed by atoms with Crippen LogP contribution in [0.3, 0.4) is 0 Å². The smallest absolute Gasteiger partial charge is 0.251 e. The molecule has 0 bridgehead atoms. The van der Waals surface area contributed by atoms with Crippen LogP contribution in [-0.4, -0.2) is 17.0 Å². The lowest BCUT2D eigenvalue weighted by atomic mass is 10.1. The van der Waals surface area contributed by atoms with E-state index in [1.54, 1.807) is 0 Å². The van der Waals surface area contributed by atoms with Gasteiger partial charge in [0.15, 0.2) is 11.9 Å². The van der Waals surface area contributed by atoms with Gasteiger partial charge in [-0.25, -0.2) is 4.98 Å². The van der Waals surface area contributed by atoms with Crippen molar-refractivity contribution in [3.63, 3.8) is 0 Å². The van der Waals surface area contributed by atoms with Crippen LogP contribution in [0.1, 0.15) is 23.2 Å². The van der Waals surface area contributed by atoms with Crippen LogP contribution >= 0.6 is 0 Å². The summed E-state index contributed by atoms with van der Waals surface area (Å²) in [5.41, 5.74) is 1.73. The molecule has 0 amide bonds. The molecular weight excluding hydrogens is 242 g/mol. The van der Waals surface area contributed by atoms with Gasteiger partial charge in [0.05, 0.1) is 5.69 Å². The van der Waals surface area contributed by atoms with Crippen molar-refractivity contribution in [1.29, 1.82) is 0 Å². The number of fused-ring (bicyclic) bond motifs is 1. The zero-order valence-corrected chi connectivity index (χ0v) is 10.6. The molecular formula is C14H15N3O2. The summed E-state index contributed by atoms with van der Waals surface area (Å²) >= 11 is 0. The highest BCUT2D eigenvalue weighted by Gasteiger charge is 2.26. The normalized spacial score (nSPS) is 17.0. The fraction of sp³-hybridized carbons (Fsp3) is 0.286. The molecule has 1 atom stereocenters. The number of aromatic nitrogens is 2. The van der Waals surface area contributed by atoms with E-state index in [4.69, 9.17) is 4.74 Å². The summed E-state index contributed by atoms with van der Waals surface area (Å²) in [5.74, 6) is 1.46. The highest BCUT2D eigenvalue weighted by molar-refractivity contribution is 5.38. The third kappa shape index (κ3) is 2.37. The molecule has 5 nitrogen and oxygen atoms in total. The molecule has 0 aliphatic carbocycles. The van der Waals surface area contributed by atoms with Gasteiger partial charge < -0.3 is 15.0 Å². The van der Waals surface area contributed by atoms with Crippen LogP contribution in [0.4, 0.5) is 0 Å². The Morgan fingerprint density at radius 3 is 3.11 bits per heavy atom. The zero-order valence-electron chi connectivity index (χ0n) is 10.6. The van der Waals surface area contributed by atoms with Gasteiger partial charge in [-0.15, -0.1) is 0 Å². The number of para-hydroxylation sites is 1. The first-order chi connectivity index (χ1) is 9.26. The van der Waals surface area contributed by atoms with E-state index in [0.29, 0.717) is 12.4 Å². The van der Waals surface area contributed by atoms with Crippen molar-refractivity contribution in [1.82, 2.24) is 15.3 Å². The number of aromatic amines is 1. The van der Waals surface area contributed by atoms with Crippen LogP contribution < -0.4 is 15.6 Å². The van der Waals surface area contributed by atoms with Gasteiger partial charge in [-0.1, -0.05) is 18.2 Å². The molecule has 2 aromatic rings. The van der Waals surface area contributed by atoms with Crippen LogP contribution in [0.5, 0.6) is 5.75 Å². The molecule has 0 radical (unpaired) electrons. The highest BCUT2D eigenvalue weighted by atomic mass is 16.5. The molecule has 0 saturated carbocycles. The van der Waals surface area contributed by atoms with Crippen LogP contribution in [0.2, 0.25) is 0 Å². The van der Waals surface area contributed by atoms with Gasteiger partial charge in [-0.2, -0.15) is 0 Å². The van der Waals surface area contributed by atoms with Gasteiger partial charge >= 0.3 is 0 Å². The topological polar surface area (TPSA) is 67.0 Å². The fourth-order valence-electron chi connectivity index (χ4n) is 2.29. The van der Waals surface area contributed by atoms with Gasteiger partial charge in [-0.05, 0) is 18.7 Å². The number of H-pyrrole nitrogens is 1. The van der Waals surface area contributed by atoms with Crippen LogP contribution in [-0.2, 0) is 13.0 Å². The Morgan fingerprint density at radius 2 is 2.32 bits per heavy atom. The molecule has 19 heavy (non-hydrogen) atoms. The molecule has 0 spiro atoms. The van der Waals surface area contributed by atoms with E-state index in [2.05, 4.69) is 15.3 Å². The Bertz CT molecular complexity index is 626. The molecule has 1 unspecified atom stereocenters. The van der Waals surface area contributed by atoms with Gasteiger partial charge in [0, 0.05) is 19.0 Å². The second kappa shape index (κ2) is 4.85. The van der Waals surface area contributed by atoms with E-state index in [1.165, 1.54) is 6.07 Å². The molecule has 2 heterocycles. The summed E-state index contributed by atoms with van der Waals surface area (Å²) in [6.45, 7) is 0.566. The SMILES string of the molecule is CNCc1cc(=O)[nH]c(C2Cc3ccccc3O2)n1. The van der Waals surface area contributed by atoms with E-state index in [1.807, 2.05) is 31.3 Å². The van der Waals surface area contributed by atoms with Crippen molar-refractivity contribution < 1.29 is 4.74 Å². The molecule has 0 fully saturated rings. The maximum absolute atomic E-state index is 11.6. The van der Waals surface area contributed by atoms with Crippen LogP contribution in [0.15, 0.2) is 35.1 Å². The molecule has 3 rings (SSSR count). The third-order valence-corrected chi connectivity index (χ3v) is 3.12. The molecule has 1 aliphatic rings. The largest absolute Gasteiger partial charge is 0.482 e. The second-order valence-electron chi connectivity index (χ2n) is 4.57. The number of benzene rings is 1. The van der Waals surface area contributed by atoms with Crippen LogP contribution in [0, 0.1) is 0 Å². The van der Waals surface area contributed by atoms with Crippen molar-refractivity contribution in [2.75, 3.05) is 7.05 Å². The molecule has 2 N–H and O–H groups in total. The predicted octanol–water partition coefficient (Wildman–Crippen LogP) is 1.17. The molecule has 1 aliphatic heterocycles. The number of hydrogen-bond donors (Lipinski definition) is 2. The van der Waals surface area contributed by atoms with E-state index in [0.717, 1.165) is 23.4 Å². The Labute approximate surface area is 110 Å². The minimum absolute atomic E-state index is 0.144. The Kier molecular flexibility index (Phi) is 3.05. The summed E-state index contributed by atoms with van der Waals surface area (Å²) in [7, 11) is 1.82. The van der Waals surface area contributed by atoms with E-state index < -0.39 is 0 Å². The molecule has 0 saturated heterocycles. The number of ether oxygens (including phenoxy) is 1. The van der Waals surface area contributed by atoms with Crippen molar-refractivity contribution in [2.45, 2.75) is 19.1 Å². The monoisotopic (exact) mass is 257 g/mol. The first-order valence-electron chi connectivity index (χ1n) is 6.25. The first-order valence-corrected chi connectivity index (χ1v) is 6.25. The summed E-state index contributed by atoms with van der Waals surface area (Å²) in [5, 5.41) is 2.99. The van der Waals surface area contributed by atoms with Crippen molar-refractivity contribution in [3.05, 3.63) is 57.8 Å². The maximum Gasteiger partial charge on any atom is 0.251 e. The number of nitrogens with zero attached hydrogens (tertiary/aromatic N) is 1. The summed E-state index contributed by atoms with van der Waals surface area (Å²) in [6, 6.07) is 9.39. The number of rotatable bonds is 3. The van der Waals surface area contributed by atoms with Gasteiger partial charge in [0.2, 0.25) is 0 Å². The molecule has 1 aromatic heterocycles. The third-order valence-electron chi connectivity index (χ3n) is 3.12. The average Bonchev–Trinajstić information content (AvgIpc) is 2.82. The predicted molar refractivity (Wildman–Crippen MR) is 71.1 cm³/mol. The quantitative estimate of drug-likeness (QED) is 0.866. The van der Waals surface area contributed by atoms with Crippen molar-refractivity contribution >= 4 is 0 Å². The lowest BCUT2D eigenvalue weighted by Gasteiger charge is -2.10. The standard InChI is InChI=1S/C14H15N3O2/c1-15-8-10-7-13(18)17-14(16-10)12-6-9-4-2-3-5-11(9)19-12/h2-5,7,12,15H,6,8H2,1H3,(H,16,17,18). The number of nitrogens with one attached hydrogen (secondary N) is 2. The summed E-state index contributed by atoms with van der Waals surface area (Å²) in [6.07, 6.45) is 0.532. The Hall–Kier alpha value is -2.14. The van der Waals surface area contributed by atoms with Gasteiger partial charge in [-0.3, -0.25) is 4.79 Å². The van der Waals surface area contributed by atoms with E-state index in [-0.39, 0.29) is 11.7 Å². The average molecular weight is 257 g/mol. The Balaban J connectivity index is 1.90. The summed E-state index contributed by atoms with van der Waals surface area (Å²) < 4.78 is 5.83. The minimum atomic E-state index is -0.207. The second-order valence-corrected chi connectivity index (χ2v) is 4.57. The lowest BCUT2D eigenvalue weighted by Crippen LogP contribution is -2.20. The van der Waals surface area contributed by atoms with Crippen LogP contribution in [0.25, 0.3) is 0 Å². The van der Waals surface area contributed by atoms with Gasteiger partial charge in [0.25, 0.3) is 5.56 Å².